The lowest BCUT2D eigenvalue weighted by molar-refractivity contribution is 1.22. The summed E-state index contributed by atoms with van der Waals surface area (Å²) in [5, 5.41) is 0. The number of allylic oxidation sites excluding steroid dienone is 4. The predicted octanol–water partition coefficient (Wildman–Crippen LogP) is 2.92. The van der Waals surface area contributed by atoms with Gasteiger partial charge in [-0.2, -0.15) is 0 Å². The molecule has 0 N–H and O–H groups in total. The molecule has 8 heavy (non-hydrogen) atoms. The van der Waals surface area contributed by atoms with Gasteiger partial charge in [-0.3, -0.25) is 0 Å². The lowest BCUT2D eigenvalue weighted by Gasteiger charge is -1.84. The summed E-state index contributed by atoms with van der Waals surface area (Å²) in [4.78, 5) is 0. The van der Waals surface area contributed by atoms with Crippen LogP contribution in [0.5, 0.6) is 0 Å². The van der Waals surface area contributed by atoms with Gasteiger partial charge in [-0.05, 0) is 20.3 Å². The van der Waals surface area contributed by atoms with E-state index in [2.05, 4.69) is 39.0 Å². The highest BCUT2D eigenvalue weighted by Crippen LogP contribution is 1.93. The van der Waals surface area contributed by atoms with Gasteiger partial charge in [-0.1, -0.05) is 30.7 Å². The standard InChI is InChI=1S/C8H14/c1-4-6-7-8(3)5-2/h5-7H,4H2,1-3H3/b7-6?,8-5+. The summed E-state index contributed by atoms with van der Waals surface area (Å²) in [6.45, 7) is 6.29. The quantitative estimate of drug-likeness (QED) is 0.479. The summed E-state index contributed by atoms with van der Waals surface area (Å²) in [5.41, 5.74) is 1.34. The van der Waals surface area contributed by atoms with Gasteiger partial charge < -0.3 is 0 Å². The third-order valence-corrected chi connectivity index (χ3v) is 1.07. The van der Waals surface area contributed by atoms with E-state index in [1.165, 1.54) is 5.57 Å². The smallest absolute Gasteiger partial charge is 0.0376 e. The second-order valence-electron chi connectivity index (χ2n) is 1.84. The normalized spacial score (nSPS) is 13.1. The molecular weight excluding hydrogens is 96.1 g/mol. The molecule has 46 valence electrons. The lowest BCUT2D eigenvalue weighted by atomic mass is 10.2. The Bertz CT molecular complexity index is 96.6. The first-order valence-corrected chi connectivity index (χ1v) is 3.10. The van der Waals surface area contributed by atoms with Crippen molar-refractivity contribution in [3.63, 3.8) is 0 Å². The molecule has 0 saturated carbocycles. The van der Waals surface area contributed by atoms with Gasteiger partial charge in [0.05, 0.1) is 0 Å². The molecule has 0 heterocycles. The predicted molar refractivity (Wildman–Crippen MR) is 38.9 cm³/mol. The average Bonchev–Trinajstić information content (AvgIpc) is 1.83. The lowest BCUT2D eigenvalue weighted by Crippen LogP contribution is -1.62. The maximum absolute atomic E-state index is 2.16. The summed E-state index contributed by atoms with van der Waals surface area (Å²) in [7, 11) is 0. The maximum atomic E-state index is 2.16. The van der Waals surface area contributed by atoms with Crippen molar-refractivity contribution >= 4 is 0 Å². The van der Waals surface area contributed by atoms with Crippen molar-refractivity contribution < 1.29 is 0 Å². The van der Waals surface area contributed by atoms with Gasteiger partial charge in [-0.25, -0.2) is 0 Å². The van der Waals surface area contributed by atoms with Crippen LogP contribution in [0.15, 0.2) is 23.8 Å². The molecule has 0 fully saturated rings. The van der Waals surface area contributed by atoms with E-state index in [1.807, 2.05) is 0 Å². The molecular formula is C8H14. The molecule has 0 aliphatic heterocycles. The van der Waals surface area contributed by atoms with Crippen LogP contribution >= 0.6 is 0 Å². The van der Waals surface area contributed by atoms with Gasteiger partial charge >= 0.3 is 0 Å². The zero-order valence-corrected chi connectivity index (χ0v) is 5.94. The van der Waals surface area contributed by atoms with Gasteiger partial charge in [0, 0.05) is 0 Å². The Morgan fingerprint density at radius 1 is 1.50 bits per heavy atom. The maximum Gasteiger partial charge on any atom is -0.0376 e. The molecule has 0 aliphatic carbocycles. The summed E-state index contributed by atoms with van der Waals surface area (Å²) in [5.74, 6) is 0. The van der Waals surface area contributed by atoms with Crippen molar-refractivity contribution in [2.75, 3.05) is 0 Å². The third kappa shape index (κ3) is 3.66. The van der Waals surface area contributed by atoms with E-state index in [1.54, 1.807) is 0 Å². The van der Waals surface area contributed by atoms with Crippen LogP contribution in [0.4, 0.5) is 0 Å². The van der Waals surface area contributed by atoms with Crippen molar-refractivity contribution in [1.82, 2.24) is 0 Å². The molecule has 0 aromatic carbocycles. The van der Waals surface area contributed by atoms with E-state index < -0.39 is 0 Å². The van der Waals surface area contributed by atoms with Crippen LogP contribution in [0.25, 0.3) is 0 Å². The first-order chi connectivity index (χ1) is 3.81. The Balaban J connectivity index is 3.53. The SMILES string of the molecule is C/C=C(\C)C=CCC. The molecule has 0 amide bonds. The molecule has 0 nitrogen and oxygen atoms in total. The molecule has 0 radical (unpaired) electrons. The van der Waals surface area contributed by atoms with Gasteiger partial charge in [0.1, 0.15) is 0 Å². The van der Waals surface area contributed by atoms with Crippen molar-refractivity contribution in [1.29, 1.82) is 0 Å². The summed E-state index contributed by atoms with van der Waals surface area (Å²) >= 11 is 0. The fourth-order valence-corrected chi connectivity index (χ4v) is 0.400. The minimum atomic E-state index is 1.13. The molecule has 0 aromatic heterocycles. The van der Waals surface area contributed by atoms with Crippen LogP contribution in [0.3, 0.4) is 0 Å². The third-order valence-electron chi connectivity index (χ3n) is 1.07. The summed E-state index contributed by atoms with van der Waals surface area (Å²) in [6.07, 6.45) is 7.53. The minimum absolute atomic E-state index is 1.13. The molecule has 0 spiro atoms. The van der Waals surface area contributed by atoms with E-state index in [-0.39, 0.29) is 0 Å². The summed E-state index contributed by atoms with van der Waals surface area (Å²) < 4.78 is 0. The number of hydrogen-bond donors (Lipinski definition) is 0. The number of rotatable bonds is 2. The van der Waals surface area contributed by atoms with E-state index >= 15 is 0 Å². The van der Waals surface area contributed by atoms with Crippen LogP contribution < -0.4 is 0 Å². The van der Waals surface area contributed by atoms with Gasteiger partial charge in [-0.15, -0.1) is 0 Å². The van der Waals surface area contributed by atoms with Gasteiger partial charge in [0.25, 0.3) is 0 Å². The van der Waals surface area contributed by atoms with Gasteiger partial charge in [0.15, 0.2) is 0 Å². The van der Waals surface area contributed by atoms with Crippen molar-refractivity contribution in [3.8, 4) is 0 Å². The van der Waals surface area contributed by atoms with E-state index in [0.717, 1.165) is 6.42 Å². The minimum Gasteiger partial charge on any atom is -0.0847 e. The second kappa shape index (κ2) is 4.63. The van der Waals surface area contributed by atoms with Crippen molar-refractivity contribution in [2.24, 2.45) is 0 Å². The highest BCUT2D eigenvalue weighted by Gasteiger charge is 1.72. The van der Waals surface area contributed by atoms with E-state index in [0.29, 0.717) is 0 Å². The summed E-state index contributed by atoms with van der Waals surface area (Å²) in [6, 6.07) is 0. The monoisotopic (exact) mass is 110 g/mol. The Kier molecular flexibility index (Phi) is 4.33. The molecule has 0 saturated heterocycles. The van der Waals surface area contributed by atoms with Crippen LogP contribution in [0.2, 0.25) is 0 Å². The van der Waals surface area contributed by atoms with Crippen LogP contribution in [-0.4, -0.2) is 0 Å². The molecule has 0 aromatic rings. The topological polar surface area (TPSA) is 0 Å². The Labute approximate surface area is 51.9 Å². The van der Waals surface area contributed by atoms with E-state index in [9.17, 15) is 0 Å². The number of hydrogen-bond acceptors (Lipinski definition) is 0. The molecule has 0 heteroatoms. The highest BCUT2D eigenvalue weighted by atomic mass is 13.8. The molecule has 0 rings (SSSR count). The van der Waals surface area contributed by atoms with Gasteiger partial charge in [0.2, 0.25) is 0 Å². The fraction of sp³-hybridized carbons (Fsp3) is 0.500. The van der Waals surface area contributed by atoms with Crippen LogP contribution in [-0.2, 0) is 0 Å². The Hall–Kier alpha value is -0.520. The molecule has 0 unspecified atom stereocenters. The fourth-order valence-electron chi connectivity index (χ4n) is 0.400. The zero-order chi connectivity index (χ0) is 6.41. The van der Waals surface area contributed by atoms with Crippen molar-refractivity contribution in [2.45, 2.75) is 27.2 Å². The molecule has 0 aliphatic rings. The van der Waals surface area contributed by atoms with Crippen LogP contribution in [0.1, 0.15) is 27.2 Å². The molecule has 0 atom stereocenters. The van der Waals surface area contributed by atoms with Crippen LogP contribution in [0, 0.1) is 0 Å². The second-order valence-corrected chi connectivity index (χ2v) is 1.84. The first kappa shape index (κ1) is 7.48. The average molecular weight is 110 g/mol. The largest absolute Gasteiger partial charge is 0.0847 e. The molecule has 0 bridgehead atoms. The first-order valence-electron chi connectivity index (χ1n) is 3.10. The van der Waals surface area contributed by atoms with Crippen molar-refractivity contribution in [3.05, 3.63) is 23.8 Å². The Morgan fingerprint density at radius 3 is 2.50 bits per heavy atom. The highest BCUT2D eigenvalue weighted by molar-refractivity contribution is 5.14. The van der Waals surface area contributed by atoms with E-state index in [4.69, 9.17) is 0 Å². The zero-order valence-electron chi connectivity index (χ0n) is 5.94. The Morgan fingerprint density at radius 2 is 2.12 bits per heavy atom.